The number of nitrogens with one attached hydrogen (secondary N) is 1. The van der Waals surface area contributed by atoms with E-state index in [0.29, 0.717) is 10.7 Å². The average molecular weight is 404 g/mol. The quantitative estimate of drug-likeness (QED) is 0.627. The lowest BCUT2D eigenvalue weighted by molar-refractivity contribution is 0.432. The minimum Gasteiger partial charge on any atom is -0.493 e. The van der Waals surface area contributed by atoms with E-state index in [9.17, 15) is 9.90 Å². The van der Waals surface area contributed by atoms with Crippen molar-refractivity contribution in [3.63, 3.8) is 0 Å². The van der Waals surface area contributed by atoms with Crippen LogP contribution in [0.3, 0.4) is 0 Å². The predicted octanol–water partition coefficient (Wildman–Crippen LogP) is 4.61. The molecule has 0 bridgehead atoms. The van der Waals surface area contributed by atoms with Crippen LogP contribution in [0.25, 0.3) is 17.8 Å². The number of benzene rings is 2. The maximum atomic E-state index is 12.1. The molecule has 0 aliphatic carbocycles. The number of aromatic nitrogens is 2. The highest BCUT2D eigenvalue weighted by molar-refractivity contribution is 9.10. The SMILES string of the molecule is O=c1[nH]n(-c2ccc(Br)cc2)c(O)c1C=C=Cc1ccccc1Cl. The number of nitrogens with zero attached hydrogens (tertiary/aromatic N) is 1. The molecule has 0 radical (unpaired) electrons. The third-order valence-corrected chi connectivity index (χ3v) is 4.24. The molecule has 0 aliphatic rings. The second-order valence-electron chi connectivity index (χ2n) is 4.97. The molecule has 1 aromatic heterocycles. The van der Waals surface area contributed by atoms with Crippen molar-refractivity contribution in [2.45, 2.75) is 0 Å². The van der Waals surface area contributed by atoms with Crippen molar-refractivity contribution in [3.05, 3.63) is 85.2 Å². The fraction of sp³-hybridized carbons (Fsp3) is 0. The van der Waals surface area contributed by atoms with Gasteiger partial charge >= 0.3 is 0 Å². The molecule has 0 spiro atoms. The highest BCUT2D eigenvalue weighted by Gasteiger charge is 2.12. The van der Waals surface area contributed by atoms with Gasteiger partial charge in [-0.25, -0.2) is 4.68 Å². The molecule has 3 aromatic rings. The van der Waals surface area contributed by atoms with Gasteiger partial charge in [0.1, 0.15) is 5.56 Å². The predicted molar refractivity (Wildman–Crippen MR) is 99.6 cm³/mol. The third-order valence-electron chi connectivity index (χ3n) is 3.37. The zero-order valence-corrected chi connectivity index (χ0v) is 14.7. The van der Waals surface area contributed by atoms with Crippen LogP contribution < -0.4 is 5.56 Å². The van der Waals surface area contributed by atoms with Gasteiger partial charge in [0.25, 0.3) is 5.56 Å². The first-order chi connectivity index (χ1) is 11.6. The number of hydrogen-bond donors (Lipinski definition) is 2. The van der Waals surface area contributed by atoms with E-state index < -0.39 is 5.56 Å². The lowest BCUT2D eigenvalue weighted by Crippen LogP contribution is -2.04. The van der Waals surface area contributed by atoms with E-state index in [-0.39, 0.29) is 11.4 Å². The fourth-order valence-corrected chi connectivity index (χ4v) is 2.61. The second kappa shape index (κ2) is 6.97. The molecular weight excluding hydrogens is 392 g/mol. The molecule has 3 rings (SSSR count). The zero-order valence-electron chi connectivity index (χ0n) is 12.3. The molecule has 4 nitrogen and oxygen atoms in total. The first-order valence-electron chi connectivity index (χ1n) is 7.03. The summed E-state index contributed by atoms with van der Waals surface area (Å²) in [4.78, 5) is 12.1. The number of hydrogen-bond acceptors (Lipinski definition) is 2. The largest absolute Gasteiger partial charge is 0.493 e. The summed E-state index contributed by atoms with van der Waals surface area (Å²) in [6.45, 7) is 0. The Bertz CT molecular complexity index is 997. The van der Waals surface area contributed by atoms with E-state index in [2.05, 4.69) is 26.8 Å². The Kier molecular flexibility index (Phi) is 4.76. The van der Waals surface area contributed by atoms with E-state index in [1.54, 1.807) is 24.3 Å². The van der Waals surface area contributed by atoms with Gasteiger partial charge in [-0.05, 0) is 42.5 Å². The summed E-state index contributed by atoms with van der Waals surface area (Å²) in [5.41, 5.74) is 4.02. The Morgan fingerprint density at radius 2 is 1.83 bits per heavy atom. The van der Waals surface area contributed by atoms with Crippen molar-refractivity contribution in [3.8, 4) is 11.6 Å². The van der Waals surface area contributed by atoms with Crippen LogP contribution in [-0.4, -0.2) is 14.9 Å². The molecule has 2 aromatic carbocycles. The number of halogens is 2. The van der Waals surface area contributed by atoms with Crippen molar-refractivity contribution in [1.82, 2.24) is 9.78 Å². The standard InChI is InChI=1S/C18H12BrClN2O2/c19-13-8-10-14(11-9-13)22-18(24)15(17(23)21-22)6-3-5-12-4-1-2-7-16(12)20/h1-2,4-11,24H,(H,21,23). The summed E-state index contributed by atoms with van der Waals surface area (Å²) in [6, 6.07) is 14.5. The van der Waals surface area contributed by atoms with Crippen molar-refractivity contribution >= 4 is 39.7 Å². The Balaban J connectivity index is 1.98. The molecule has 0 saturated carbocycles. The Hall–Kier alpha value is -2.46. The monoisotopic (exact) mass is 402 g/mol. The summed E-state index contributed by atoms with van der Waals surface area (Å²) in [6.07, 6.45) is 3.07. The number of H-pyrrole nitrogens is 1. The Morgan fingerprint density at radius 3 is 2.54 bits per heavy atom. The van der Waals surface area contributed by atoms with Gasteiger partial charge in [0.05, 0.1) is 5.69 Å². The van der Waals surface area contributed by atoms with E-state index in [0.717, 1.165) is 10.0 Å². The molecule has 0 atom stereocenters. The molecule has 24 heavy (non-hydrogen) atoms. The van der Waals surface area contributed by atoms with Gasteiger partial charge in [0.15, 0.2) is 0 Å². The maximum absolute atomic E-state index is 12.1. The average Bonchev–Trinajstić information content (AvgIpc) is 2.85. The van der Waals surface area contributed by atoms with Crippen LogP contribution >= 0.6 is 27.5 Å². The first-order valence-corrected chi connectivity index (χ1v) is 8.20. The molecule has 0 amide bonds. The smallest absolute Gasteiger partial charge is 0.276 e. The van der Waals surface area contributed by atoms with Crippen LogP contribution in [0, 0.1) is 0 Å². The second-order valence-corrected chi connectivity index (χ2v) is 6.29. The van der Waals surface area contributed by atoms with Gasteiger partial charge in [0.2, 0.25) is 5.88 Å². The van der Waals surface area contributed by atoms with E-state index in [1.807, 2.05) is 30.3 Å². The number of rotatable bonds is 3. The van der Waals surface area contributed by atoms with E-state index in [1.165, 1.54) is 10.8 Å². The minimum atomic E-state index is -0.407. The van der Waals surface area contributed by atoms with Crippen molar-refractivity contribution in [2.24, 2.45) is 0 Å². The molecule has 6 heteroatoms. The molecule has 1 heterocycles. The fourth-order valence-electron chi connectivity index (χ4n) is 2.15. The molecule has 120 valence electrons. The lowest BCUT2D eigenvalue weighted by Gasteiger charge is -2.03. The number of aromatic amines is 1. The van der Waals surface area contributed by atoms with Gasteiger partial charge < -0.3 is 5.11 Å². The normalized spacial score (nSPS) is 10.2. The summed E-state index contributed by atoms with van der Waals surface area (Å²) < 4.78 is 2.22. The summed E-state index contributed by atoms with van der Waals surface area (Å²) in [5.74, 6) is -0.178. The van der Waals surface area contributed by atoms with Crippen LogP contribution in [-0.2, 0) is 0 Å². The van der Waals surface area contributed by atoms with Gasteiger partial charge in [-0.1, -0.05) is 45.7 Å². The third kappa shape index (κ3) is 3.39. The Labute approximate surface area is 151 Å². The van der Waals surface area contributed by atoms with Crippen molar-refractivity contribution < 1.29 is 5.11 Å². The highest BCUT2D eigenvalue weighted by atomic mass is 79.9. The van der Waals surface area contributed by atoms with Crippen LogP contribution in [0.4, 0.5) is 0 Å². The van der Waals surface area contributed by atoms with Crippen molar-refractivity contribution in [2.75, 3.05) is 0 Å². The van der Waals surface area contributed by atoms with Crippen LogP contribution in [0.15, 0.2) is 63.5 Å². The van der Waals surface area contributed by atoms with E-state index in [4.69, 9.17) is 11.6 Å². The number of aromatic hydroxyl groups is 1. The molecule has 0 unspecified atom stereocenters. The molecule has 0 aliphatic heterocycles. The van der Waals surface area contributed by atoms with Crippen LogP contribution in [0.1, 0.15) is 11.1 Å². The first kappa shape index (κ1) is 16.4. The molecule has 2 N–H and O–H groups in total. The van der Waals surface area contributed by atoms with Crippen LogP contribution in [0.5, 0.6) is 5.88 Å². The summed E-state index contributed by atoms with van der Waals surface area (Å²) in [5, 5.41) is 13.5. The van der Waals surface area contributed by atoms with Gasteiger partial charge in [-0.3, -0.25) is 9.89 Å². The summed E-state index contributed by atoms with van der Waals surface area (Å²) >= 11 is 9.40. The zero-order chi connectivity index (χ0) is 17.1. The van der Waals surface area contributed by atoms with Gasteiger partial charge in [-0.2, -0.15) is 0 Å². The van der Waals surface area contributed by atoms with Gasteiger partial charge in [0, 0.05) is 15.1 Å². The Morgan fingerprint density at radius 1 is 1.12 bits per heavy atom. The molecule has 0 saturated heterocycles. The molecule has 0 fully saturated rings. The highest BCUT2D eigenvalue weighted by Crippen LogP contribution is 2.21. The minimum absolute atomic E-state index is 0.126. The summed E-state index contributed by atoms with van der Waals surface area (Å²) in [7, 11) is 0. The van der Waals surface area contributed by atoms with Crippen molar-refractivity contribution in [1.29, 1.82) is 0 Å². The topological polar surface area (TPSA) is 58.0 Å². The lowest BCUT2D eigenvalue weighted by atomic mass is 10.2. The van der Waals surface area contributed by atoms with Crippen LogP contribution in [0.2, 0.25) is 5.02 Å². The molecular formula is C18H12BrClN2O2. The maximum Gasteiger partial charge on any atom is 0.276 e. The van der Waals surface area contributed by atoms with Gasteiger partial charge in [-0.15, -0.1) is 5.73 Å². The van der Waals surface area contributed by atoms with E-state index >= 15 is 0 Å².